The highest BCUT2D eigenvalue weighted by Gasteiger charge is 2.35. The van der Waals surface area contributed by atoms with Gasteiger partial charge in [-0.25, -0.2) is 0 Å². The number of hydrogen-bond donors (Lipinski definition) is 1. The summed E-state index contributed by atoms with van der Waals surface area (Å²) < 4.78 is 5.10. The lowest BCUT2D eigenvalue weighted by atomic mass is 10.1. The molecule has 0 saturated heterocycles. The van der Waals surface area contributed by atoms with Gasteiger partial charge in [-0.15, -0.1) is 0 Å². The maximum absolute atomic E-state index is 12.3. The predicted octanol–water partition coefficient (Wildman–Crippen LogP) is 2.57. The van der Waals surface area contributed by atoms with E-state index >= 15 is 0 Å². The number of benzene rings is 2. The first-order chi connectivity index (χ1) is 13.9. The van der Waals surface area contributed by atoms with Crippen molar-refractivity contribution in [1.29, 1.82) is 0 Å². The Labute approximate surface area is 172 Å². The number of amides is 3. The second-order valence-corrected chi connectivity index (χ2v) is 6.91. The lowest BCUT2D eigenvalue weighted by Crippen LogP contribution is -2.37. The van der Waals surface area contributed by atoms with Gasteiger partial charge >= 0.3 is 5.97 Å². The van der Waals surface area contributed by atoms with Crippen LogP contribution in [0.15, 0.2) is 48.5 Å². The summed E-state index contributed by atoms with van der Waals surface area (Å²) in [6.45, 7) is 1.54. The Bertz CT molecular complexity index is 940. The smallest absolute Gasteiger partial charge is 0.308 e. The monoisotopic (exact) mass is 414 g/mol. The molecule has 0 radical (unpaired) electrons. The molecule has 1 heterocycles. The van der Waals surface area contributed by atoms with E-state index in [1.807, 2.05) is 0 Å². The highest BCUT2D eigenvalue weighted by Crippen LogP contribution is 2.22. The van der Waals surface area contributed by atoms with Crippen LogP contribution >= 0.6 is 11.6 Å². The van der Waals surface area contributed by atoms with Gasteiger partial charge in [-0.1, -0.05) is 41.9 Å². The Morgan fingerprint density at radius 1 is 1.03 bits per heavy atom. The fourth-order valence-electron chi connectivity index (χ4n) is 2.92. The molecule has 1 N–H and O–H groups in total. The van der Waals surface area contributed by atoms with Crippen LogP contribution in [0.25, 0.3) is 0 Å². The standard InChI is InChI=1S/C21H19ClN2O5/c1-13(19(26)23-12-14-6-2-5-9-17(14)22)29-18(25)10-11-24-20(27)15-7-3-4-8-16(15)21(24)28/h2-9,13H,10-12H2,1H3,(H,23,26)/t13-/m1/s1. The second-order valence-electron chi connectivity index (χ2n) is 6.50. The Hall–Kier alpha value is -3.19. The SMILES string of the molecule is C[C@@H](OC(=O)CCN1C(=O)c2ccccc2C1=O)C(=O)NCc1ccccc1Cl. The number of halogens is 1. The third-order valence-electron chi connectivity index (χ3n) is 4.51. The van der Waals surface area contributed by atoms with Gasteiger partial charge < -0.3 is 10.1 Å². The number of imide groups is 1. The topological polar surface area (TPSA) is 92.8 Å². The molecule has 0 bridgehead atoms. The van der Waals surface area contributed by atoms with Crippen molar-refractivity contribution in [3.8, 4) is 0 Å². The van der Waals surface area contributed by atoms with Crippen molar-refractivity contribution in [2.24, 2.45) is 0 Å². The first kappa shape index (κ1) is 20.5. The van der Waals surface area contributed by atoms with E-state index in [9.17, 15) is 19.2 Å². The second kappa shape index (κ2) is 8.87. The number of nitrogens with zero attached hydrogens (tertiary/aromatic N) is 1. The molecule has 0 spiro atoms. The van der Waals surface area contributed by atoms with Crippen molar-refractivity contribution in [1.82, 2.24) is 10.2 Å². The average molecular weight is 415 g/mol. The minimum Gasteiger partial charge on any atom is -0.452 e. The molecule has 0 unspecified atom stereocenters. The van der Waals surface area contributed by atoms with Crippen LogP contribution in [0.2, 0.25) is 5.02 Å². The minimum atomic E-state index is -1.02. The first-order valence-corrected chi connectivity index (χ1v) is 9.42. The number of fused-ring (bicyclic) bond motifs is 1. The van der Waals surface area contributed by atoms with E-state index in [0.29, 0.717) is 16.1 Å². The molecule has 0 saturated carbocycles. The predicted molar refractivity (Wildman–Crippen MR) is 105 cm³/mol. The number of carbonyl (C=O) groups is 4. The molecule has 0 aliphatic carbocycles. The van der Waals surface area contributed by atoms with Crippen LogP contribution in [0.4, 0.5) is 0 Å². The first-order valence-electron chi connectivity index (χ1n) is 9.04. The Balaban J connectivity index is 1.47. The summed E-state index contributed by atoms with van der Waals surface area (Å²) in [4.78, 5) is 49.7. The number of carbonyl (C=O) groups excluding carboxylic acids is 4. The van der Waals surface area contributed by atoms with Gasteiger partial charge in [0.15, 0.2) is 6.10 Å². The molecule has 8 heteroatoms. The van der Waals surface area contributed by atoms with E-state index < -0.39 is 29.8 Å². The molecule has 1 aliphatic heterocycles. The highest BCUT2D eigenvalue weighted by molar-refractivity contribution is 6.31. The van der Waals surface area contributed by atoms with Crippen molar-refractivity contribution in [2.75, 3.05) is 6.54 Å². The minimum absolute atomic E-state index is 0.112. The Kier molecular flexibility index (Phi) is 6.29. The summed E-state index contributed by atoms with van der Waals surface area (Å²) in [5.74, 6) is -2.03. The number of nitrogens with one attached hydrogen (secondary N) is 1. The molecule has 1 atom stereocenters. The Morgan fingerprint density at radius 2 is 1.62 bits per heavy atom. The van der Waals surface area contributed by atoms with Crippen LogP contribution in [0.1, 0.15) is 39.6 Å². The summed E-state index contributed by atoms with van der Waals surface area (Å²) in [5.41, 5.74) is 1.38. The van der Waals surface area contributed by atoms with Crippen molar-refractivity contribution in [3.05, 3.63) is 70.2 Å². The molecule has 7 nitrogen and oxygen atoms in total. The highest BCUT2D eigenvalue weighted by atomic mass is 35.5. The quantitative estimate of drug-likeness (QED) is 0.555. The fraction of sp³-hybridized carbons (Fsp3) is 0.238. The van der Waals surface area contributed by atoms with Crippen LogP contribution in [0.3, 0.4) is 0 Å². The van der Waals surface area contributed by atoms with Gasteiger partial charge in [0.25, 0.3) is 17.7 Å². The normalized spacial score (nSPS) is 13.8. The number of rotatable bonds is 7. The van der Waals surface area contributed by atoms with Gasteiger partial charge in [0.2, 0.25) is 0 Å². The van der Waals surface area contributed by atoms with E-state index in [2.05, 4.69) is 5.32 Å². The van der Waals surface area contributed by atoms with E-state index in [1.54, 1.807) is 48.5 Å². The lowest BCUT2D eigenvalue weighted by Gasteiger charge is -2.16. The van der Waals surface area contributed by atoms with Gasteiger partial charge in [-0.3, -0.25) is 24.1 Å². The van der Waals surface area contributed by atoms with Crippen LogP contribution in [-0.2, 0) is 20.9 Å². The zero-order valence-corrected chi connectivity index (χ0v) is 16.4. The van der Waals surface area contributed by atoms with Crippen molar-refractivity contribution in [3.63, 3.8) is 0 Å². The molecule has 3 amide bonds. The molecule has 0 aromatic heterocycles. The third-order valence-corrected chi connectivity index (χ3v) is 4.87. The summed E-state index contributed by atoms with van der Waals surface area (Å²) in [6, 6.07) is 13.6. The molecule has 1 aliphatic rings. The van der Waals surface area contributed by atoms with E-state index in [-0.39, 0.29) is 19.5 Å². The third kappa shape index (κ3) is 4.63. The molecule has 2 aromatic rings. The molecule has 3 rings (SSSR count). The molecular formula is C21H19ClN2O5. The molecular weight excluding hydrogens is 396 g/mol. The maximum atomic E-state index is 12.3. The van der Waals surface area contributed by atoms with Crippen molar-refractivity contribution < 1.29 is 23.9 Å². The van der Waals surface area contributed by atoms with Crippen LogP contribution < -0.4 is 5.32 Å². The maximum Gasteiger partial charge on any atom is 0.308 e. The zero-order chi connectivity index (χ0) is 21.0. The fourth-order valence-corrected chi connectivity index (χ4v) is 3.13. The number of ether oxygens (including phenoxy) is 1. The Morgan fingerprint density at radius 3 is 2.24 bits per heavy atom. The van der Waals surface area contributed by atoms with Gasteiger partial charge in [0.05, 0.1) is 17.5 Å². The number of esters is 1. The van der Waals surface area contributed by atoms with Gasteiger partial charge in [-0.05, 0) is 30.7 Å². The van der Waals surface area contributed by atoms with Crippen LogP contribution in [0, 0.1) is 0 Å². The summed E-state index contributed by atoms with van der Waals surface area (Å²) >= 11 is 6.04. The van der Waals surface area contributed by atoms with Gasteiger partial charge in [0, 0.05) is 18.1 Å². The molecule has 2 aromatic carbocycles. The summed E-state index contributed by atoms with van der Waals surface area (Å²) in [6.07, 6.45) is -1.22. The van der Waals surface area contributed by atoms with E-state index in [4.69, 9.17) is 16.3 Å². The summed E-state index contributed by atoms with van der Waals surface area (Å²) in [5, 5.41) is 3.18. The molecule has 0 fully saturated rings. The zero-order valence-electron chi connectivity index (χ0n) is 15.7. The molecule has 29 heavy (non-hydrogen) atoms. The van der Waals surface area contributed by atoms with Crippen molar-refractivity contribution >= 4 is 35.3 Å². The summed E-state index contributed by atoms with van der Waals surface area (Å²) in [7, 11) is 0. The lowest BCUT2D eigenvalue weighted by molar-refractivity contribution is -0.154. The van der Waals surface area contributed by atoms with Crippen molar-refractivity contribution in [2.45, 2.75) is 26.0 Å². The van der Waals surface area contributed by atoms with Crippen LogP contribution in [0.5, 0.6) is 0 Å². The van der Waals surface area contributed by atoms with E-state index in [1.165, 1.54) is 6.92 Å². The van der Waals surface area contributed by atoms with Crippen LogP contribution in [-0.4, -0.2) is 41.2 Å². The number of hydrogen-bond acceptors (Lipinski definition) is 5. The largest absolute Gasteiger partial charge is 0.452 e. The van der Waals surface area contributed by atoms with Gasteiger partial charge in [-0.2, -0.15) is 0 Å². The molecule has 150 valence electrons. The average Bonchev–Trinajstić information content (AvgIpc) is 2.96. The van der Waals surface area contributed by atoms with Gasteiger partial charge in [0.1, 0.15) is 0 Å². The van der Waals surface area contributed by atoms with E-state index in [0.717, 1.165) is 10.5 Å².